The Labute approximate surface area is 83.9 Å². The van der Waals surface area contributed by atoms with Crippen molar-refractivity contribution in [3.8, 4) is 0 Å². The quantitative estimate of drug-likeness (QED) is 0.744. The second-order valence-electron chi connectivity index (χ2n) is 4.01. The third-order valence-corrected chi connectivity index (χ3v) is 2.79. The molecule has 4 heteroatoms. The van der Waals surface area contributed by atoms with Gasteiger partial charge in [0.1, 0.15) is 0 Å². The Morgan fingerprint density at radius 2 is 2.29 bits per heavy atom. The van der Waals surface area contributed by atoms with Crippen LogP contribution in [-0.4, -0.2) is 27.0 Å². The van der Waals surface area contributed by atoms with E-state index in [4.69, 9.17) is 0 Å². The Hall–Kier alpha value is -1.03. The molecule has 2 N–H and O–H groups in total. The van der Waals surface area contributed by atoms with Gasteiger partial charge in [-0.25, -0.2) is 0 Å². The van der Waals surface area contributed by atoms with Crippen molar-refractivity contribution < 1.29 is 5.11 Å². The Morgan fingerprint density at radius 3 is 2.93 bits per heavy atom. The molecule has 1 heterocycles. The van der Waals surface area contributed by atoms with E-state index in [2.05, 4.69) is 10.4 Å². The van der Waals surface area contributed by atoms with Gasteiger partial charge in [-0.2, -0.15) is 5.10 Å². The summed E-state index contributed by atoms with van der Waals surface area (Å²) in [6.45, 7) is 0. The summed E-state index contributed by atoms with van der Waals surface area (Å²) in [7, 11) is 1.89. The molecule has 1 aliphatic carbocycles. The summed E-state index contributed by atoms with van der Waals surface area (Å²) in [5, 5.41) is 17.1. The monoisotopic (exact) mass is 195 g/mol. The first-order valence-corrected chi connectivity index (χ1v) is 5.19. The van der Waals surface area contributed by atoms with Crippen molar-refractivity contribution in [1.29, 1.82) is 0 Å². The summed E-state index contributed by atoms with van der Waals surface area (Å²) in [5.41, 5.74) is 0.999. The molecule has 2 rings (SSSR count). The molecule has 0 aromatic carbocycles. The van der Waals surface area contributed by atoms with E-state index in [1.54, 1.807) is 10.9 Å². The predicted molar refractivity (Wildman–Crippen MR) is 55.1 cm³/mol. The fourth-order valence-electron chi connectivity index (χ4n) is 1.99. The first kappa shape index (κ1) is 9.52. The maximum absolute atomic E-state index is 9.75. The first-order chi connectivity index (χ1) is 6.75. The molecule has 2 atom stereocenters. The topological polar surface area (TPSA) is 50.1 Å². The van der Waals surface area contributed by atoms with Gasteiger partial charge >= 0.3 is 0 Å². The van der Waals surface area contributed by atoms with Crippen molar-refractivity contribution >= 4 is 5.69 Å². The lowest BCUT2D eigenvalue weighted by atomic mass is 9.92. The van der Waals surface area contributed by atoms with Crippen LogP contribution in [0.25, 0.3) is 0 Å². The summed E-state index contributed by atoms with van der Waals surface area (Å²) >= 11 is 0. The minimum Gasteiger partial charge on any atom is -0.391 e. The second-order valence-corrected chi connectivity index (χ2v) is 4.01. The standard InChI is InChI=1S/C10H17N3O/c1-13-7-8(6-11-13)12-9-4-2-3-5-10(9)14/h6-7,9-10,12,14H,2-5H2,1H3/t9-,10-/m1/s1. The number of aryl methyl sites for hydroxylation is 1. The van der Waals surface area contributed by atoms with Crippen molar-refractivity contribution in [3.05, 3.63) is 12.4 Å². The van der Waals surface area contributed by atoms with Crippen LogP contribution in [0, 0.1) is 0 Å². The summed E-state index contributed by atoms with van der Waals surface area (Å²) < 4.78 is 1.76. The minimum absolute atomic E-state index is 0.202. The number of nitrogens with zero attached hydrogens (tertiary/aromatic N) is 2. The average molecular weight is 195 g/mol. The third-order valence-electron chi connectivity index (χ3n) is 2.79. The number of aromatic nitrogens is 2. The molecule has 0 unspecified atom stereocenters. The van der Waals surface area contributed by atoms with E-state index in [-0.39, 0.29) is 12.1 Å². The molecule has 0 bridgehead atoms. The lowest BCUT2D eigenvalue weighted by Gasteiger charge is -2.28. The Bertz CT molecular complexity index is 297. The van der Waals surface area contributed by atoms with Crippen LogP contribution in [0.15, 0.2) is 12.4 Å². The Morgan fingerprint density at radius 1 is 1.50 bits per heavy atom. The Balaban J connectivity index is 1.95. The number of aliphatic hydroxyl groups excluding tert-OH is 1. The molecule has 1 aromatic heterocycles. The van der Waals surface area contributed by atoms with Crippen LogP contribution >= 0.6 is 0 Å². The fraction of sp³-hybridized carbons (Fsp3) is 0.700. The fourth-order valence-corrected chi connectivity index (χ4v) is 1.99. The molecule has 1 fully saturated rings. The van der Waals surface area contributed by atoms with Crippen LogP contribution in [0.2, 0.25) is 0 Å². The normalized spacial score (nSPS) is 27.6. The number of anilines is 1. The van der Waals surface area contributed by atoms with Crippen LogP contribution in [-0.2, 0) is 7.05 Å². The lowest BCUT2D eigenvalue weighted by molar-refractivity contribution is 0.116. The highest BCUT2D eigenvalue weighted by molar-refractivity contribution is 5.39. The SMILES string of the molecule is Cn1cc(N[C@@H]2CCCC[C@H]2O)cn1. The molecule has 0 spiro atoms. The summed E-state index contributed by atoms with van der Waals surface area (Å²) in [6, 6.07) is 0.202. The molecule has 1 saturated carbocycles. The summed E-state index contributed by atoms with van der Waals surface area (Å²) in [5.74, 6) is 0. The van der Waals surface area contributed by atoms with Crippen LogP contribution in [0.5, 0.6) is 0 Å². The Kier molecular flexibility index (Phi) is 2.72. The van der Waals surface area contributed by atoms with E-state index >= 15 is 0 Å². The molecule has 0 saturated heterocycles. The largest absolute Gasteiger partial charge is 0.391 e. The van der Waals surface area contributed by atoms with Gasteiger partial charge in [0.15, 0.2) is 0 Å². The van der Waals surface area contributed by atoms with Crippen molar-refractivity contribution in [2.45, 2.75) is 37.8 Å². The van der Waals surface area contributed by atoms with Crippen LogP contribution in [0.3, 0.4) is 0 Å². The van der Waals surface area contributed by atoms with E-state index < -0.39 is 0 Å². The minimum atomic E-state index is -0.205. The second kappa shape index (κ2) is 4.00. The zero-order valence-corrected chi connectivity index (χ0v) is 8.48. The van der Waals surface area contributed by atoms with Crippen molar-refractivity contribution in [1.82, 2.24) is 9.78 Å². The average Bonchev–Trinajstić information content (AvgIpc) is 2.56. The molecule has 78 valence electrons. The summed E-state index contributed by atoms with van der Waals surface area (Å²) in [4.78, 5) is 0. The zero-order chi connectivity index (χ0) is 9.97. The molecule has 0 amide bonds. The van der Waals surface area contributed by atoms with Gasteiger partial charge in [0.2, 0.25) is 0 Å². The van der Waals surface area contributed by atoms with Gasteiger partial charge in [0.05, 0.1) is 24.0 Å². The van der Waals surface area contributed by atoms with E-state index in [1.807, 2.05) is 13.2 Å². The number of hydrogen-bond acceptors (Lipinski definition) is 3. The molecule has 4 nitrogen and oxygen atoms in total. The van der Waals surface area contributed by atoms with Crippen molar-refractivity contribution in [2.24, 2.45) is 7.05 Å². The van der Waals surface area contributed by atoms with Crippen LogP contribution in [0.4, 0.5) is 5.69 Å². The van der Waals surface area contributed by atoms with Gasteiger partial charge in [-0.15, -0.1) is 0 Å². The van der Waals surface area contributed by atoms with Crippen molar-refractivity contribution in [2.75, 3.05) is 5.32 Å². The number of rotatable bonds is 2. The highest BCUT2D eigenvalue weighted by Gasteiger charge is 2.22. The number of hydrogen-bond donors (Lipinski definition) is 2. The zero-order valence-electron chi connectivity index (χ0n) is 8.48. The molecule has 1 aromatic rings. The van der Waals surface area contributed by atoms with Crippen LogP contribution in [0.1, 0.15) is 25.7 Å². The van der Waals surface area contributed by atoms with Gasteiger partial charge in [0.25, 0.3) is 0 Å². The summed E-state index contributed by atoms with van der Waals surface area (Å²) in [6.07, 6.45) is 7.84. The van der Waals surface area contributed by atoms with E-state index in [0.29, 0.717) is 0 Å². The van der Waals surface area contributed by atoms with Crippen LogP contribution < -0.4 is 5.32 Å². The smallest absolute Gasteiger partial charge is 0.0741 e. The first-order valence-electron chi connectivity index (χ1n) is 5.19. The highest BCUT2D eigenvalue weighted by Crippen LogP contribution is 2.21. The number of nitrogens with one attached hydrogen (secondary N) is 1. The molecule has 0 radical (unpaired) electrons. The molecule has 1 aliphatic rings. The molecular formula is C10H17N3O. The molecule has 14 heavy (non-hydrogen) atoms. The van der Waals surface area contributed by atoms with Gasteiger partial charge in [-0.1, -0.05) is 12.8 Å². The van der Waals surface area contributed by atoms with Gasteiger partial charge in [0, 0.05) is 13.2 Å². The maximum Gasteiger partial charge on any atom is 0.0741 e. The third kappa shape index (κ3) is 2.07. The number of aliphatic hydroxyl groups is 1. The van der Waals surface area contributed by atoms with E-state index in [0.717, 1.165) is 24.9 Å². The van der Waals surface area contributed by atoms with Gasteiger partial charge in [-0.05, 0) is 12.8 Å². The molecular weight excluding hydrogens is 178 g/mol. The molecule has 0 aliphatic heterocycles. The highest BCUT2D eigenvalue weighted by atomic mass is 16.3. The van der Waals surface area contributed by atoms with Gasteiger partial charge in [-0.3, -0.25) is 4.68 Å². The van der Waals surface area contributed by atoms with Gasteiger partial charge < -0.3 is 10.4 Å². The van der Waals surface area contributed by atoms with E-state index in [9.17, 15) is 5.11 Å². The lowest BCUT2D eigenvalue weighted by Crippen LogP contribution is -2.36. The van der Waals surface area contributed by atoms with Crippen molar-refractivity contribution in [3.63, 3.8) is 0 Å². The maximum atomic E-state index is 9.75. The van der Waals surface area contributed by atoms with E-state index in [1.165, 1.54) is 6.42 Å². The predicted octanol–water partition coefficient (Wildman–Crippen LogP) is 1.14.